The number of hydrogen-bond donors (Lipinski definition) is 0. The van der Waals surface area contributed by atoms with E-state index >= 15 is 0 Å². The lowest BCUT2D eigenvalue weighted by molar-refractivity contribution is 0.197. The van der Waals surface area contributed by atoms with E-state index in [1.165, 1.54) is 27.6 Å². The summed E-state index contributed by atoms with van der Waals surface area (Å²) in [6, 6.07) is 6.86. The van der Waals surface area contributed by atoms with Crippen LogP contribution in [0.15, 0.2) is 24.3 Å². The van der Waals surface area contributed by atoms with E-state index in [-0.39, 0.29) is 0 Å². The summed E-state index contributed by atoms with van der Waals surface area (Å²) in [5, 5.41) is 0.424. The SMILES string of the molecule is CSN(SC)C(=O)Oc1ccccc1Cl. The fourth-order valence-electron chi connectivity index (χ4n) is 0.882. The Bertz CT molecular complexity index is 345. The first-order valence-electron chi connectivity index (χ1n) is 4.03. The number of benzene rings is 1. The average Bonchev–Trinajstić information content (AvgIpc) is 2.23. The second-order valence-electron chi connectivity index (χ2n) is 2.42. The number of carbonyl (C=O) groups is 1. The highest BCUT2D eigenvalue weighted by molar-refractivity contribution is 8.12. The van der Waals surface area contributed by atoms with E-state index in [1.54, 1.807) is 36.8 Å². The summed E-state index contributed by atoms with van der Waals surface area (Å²) in [7, 11) is 0. The molecule has 0 aliphatic heterocycles. The van der Waals surface area contributed by atoms with Crippen molar-refractivity contribution in [3.8, 4) is 5.75 Å². The number of nitrogens with zero attached hydrogens (tertiary/aromatic N) is 1. The van der Waals surface area contributed by atoms with Crippen molar-refractivity contribution in [1.29, 1.82) is 0 Å². The molecule has 0 spiro atoms. The number of amides is 1. The van der Waals surface area contributed by atoms with Gasteiger partial charge < -0.3 is 4.74 Å². The van der Waals surface area contributed by atoms with Gasteiger partial charge in [-0.2, -0.15) is 3.71 Å². The van der Waals surface area contributed by atoms with Gasteiger partial charge in [-0.1, -0.05) is 23.7 Å². The molecule has 0 aliphatic rings. The molecule has 3 nitrogen and oxygen atoms in total. The van der Waals surface area contributed by atoms with Crippen molar-refractivity contribution in [2.45, 2.75) is 0 Å². The first kappa shape index (κ1) is 12.5. The number of halogens is 1. The summed E-state index contributed by atoms with van der Waals surface area (Å²) in [5.41, 5.74) is 0. The van der Waals surface area contributed by atoms with E-state index in [1.807, 2.05) is 0 Å². The summed E-state index contributed by atoms with van der Waals surface area (Å²) < 4.78 is 6.52. The maximum Gasteiger partial charge on any atom is 0.435 e. The van der Waals surface area contributed by atoms with Crippen LogP contribution in [0, 0.1) is 0 Å². The van der Waals surface area contributed by atoms with Crippen molar-refractivity contribution in [3.05, 3.63) is 29.3 Å². The monoisotopic (exact) mass is 263 g/mol. The Morgan fingerprint density at radius 3 is 2.47 bits per heavy atom. The number of ether oxygens (including phenoxy) is 1. The predicted octanol–water partition coefficient (Wildman–Crippen LogP) is 3.70. The zero-order chi connectivity index (χ0) is 11.3. The van der Waals surface area contributed by atoms with E-state index < -0.39 is 6.09 Å². The summed E-state index contributed by atoms with van der Waals surface area (Å²) in [6.45, 7) is 0. The van der Waals surface area contributed by atoms with Gasteiger partial charge in [-0.15, -0.1) is 0 Å². The molecular formula is C9H10ClNO2S2. The van der Waals surface area contributed by atoms with Gasteiger partial charge in [0.25, 0.3) is 0 Å². The standard InChI is InChI=1S/C9H10ClNO2S2/c1-14-11(15-2)9(12)13-8-6-4-3-5-7(8)10/h3-6H,1-2H3. The lowest BCUT2D eigenvalue weighted by Gasteiger charge is -2.15. The van der Waals surface area contributed by atoms with Gasteiger partial charge in [-0.3, -0.25) is 0 Å². The van der Waals surface area contributed by atoms with Gasteiger partial charge in [0, 0.05) is 12.5 Å². The maximum atomic E-state index is 11.5. The van der Waals surface area contributed by atoms with Crippen LogP contribution in [0.4, 0.5) is 4.79 Å². The number of para-hydroxylation sites is 1. The Morgan fingerprint density at radius 1 is 1.33 bits per heavy atom. The van der Waals surface area contributed by atoms with Gasteiger partial charge in [-0.05, 0) is 36.0 Å². The molecule has 0 aromatic heterocycles. The summed E-state index contributed by atoms with van der Waals surface area (Å²) in [6.07, 6.45) is 3.15. The molecule has 0 saturated carbocycles. The molecule has 1 amide bonds. The molecule has 1 rings (SSSR count). The smallest absolute Gasteiger partial charge is 0.407 e. The van der Waals surface area contributed by atoms with E-state index in [2.05, 4.69) is 0 Å². The highest BCUT2D eigenvalue weighted by Crippen LogP contribution is 2.26. The van der Waals surface area contributed by atoms with Crippen LogP contribution < -0.4 is 4.74 Å². The Balaban J connectivity index is 2.70. The Labute approximate surface area is 102 Å². The molecule has 0 radical (unpaired) electrons. The second kappa shape index (κ2) is 6.15. The molecule has 0 atom stereocenters. The van der Waals surface area contributed by atoms with Crippen molar-refractivity contribution in [3.63, 3.8) is 0 Å². The minimum absolute atomic E-state index is 0.372. The molecule has 0 N–H and O–H groups in total. The first-order chi connectivity index (χ1) is 7.19. The van der Waals surface area contributed by atoms with Crippen LogP contribution >= 0.6 is 35.5 Å². The Hall–Kier alpha value is -0.520. The quantitative estimate of drug-likeness (QED) is 0.778. The molecule has 0 heterocycles. The molecule has 1 aromatic carbocycles. The molecule has 0 unspecified atom stereocenters. The van der Waals surface area contributed by atoms with Crippen LogP contribution in [0.5, 0.6) is 5.75 Å². The van der Waals surface area contributed by atoms with Gasteiger partial charge in [0.1, 0.15) is 0 Å². The van der Waals surface area contributed by atoms with Crippen molar-refractivity contribution < 1.29 is 9.53 Å². The van der Waals surface area contributed by atoms with Gasteiger partial charge in [0.05, 0.1) is 5.02 Å². The van der Waals surface area contributed by atoms with E-state index in [9.17, 15) is 4.79 Å². The largest absolute Gasteiger partial charge is 0.435 e. The molecule has 0 aliphatic carbocycles. The minimum Gasteiger partial charge on any atom is -0.407 e. The number of hydrogen-bond acceptors (Lipinski definition) is 4. The van der Waals surface area contributed by atoms with Crippen molar-refractivity contribution in [2.24, 2.45) is 0 Å². The molecular weight excluding hydrogens is 254 g/mol. The molecule has 0 saturated heterocycles. The van der Waals surface area contributed by atoms with Crippen molar-refractivity contribution >= 4 is 41.6 Å². The molecule has 0 fully saturated rings. The molecule has 82 valence electrons. The summed E-state index contributed by atoms with van der Waals surface area (Å²) >= 11 is 8.41. The molecule has 15 heavy (non-hydrogen) atoms. The van der Waals surface area contributed by atoms with Gasteiger partial charge in [-0.25, -0.2) is 4.79 Å². The van der Waals surface area contributed by atoms with Gasteiger partial charge in [0.15, 0.2) is 5.75 Å². The third-order valence-electron chi connectivity index (χ3n) is 1.51. The highest BCUT2D eigenvalue weighted by Gasteiger charge is 2.15. The fourth-order valence-corrected chi connectivity index (χ4v) is 2.03. The summed E-state index contributed by atoms with van der Waals surface area (Å²) in [5.74, 6) is 0.372. The van der Waals surface area contributed by atoms with Crippen LogP contribution in [-0.2, 0) is 0 Å². The first-order valence-corrected chi connectivity index (χ1v) is 6.78. The molecule has 6 heteroatoms. The van der Waals surface area contributed by atoms with Crippen LogP contribution in [-0.4, -0.2) is 22.3 Å². The maximum absolute atomic E-state index is 11.5. The fraction of sp³-hybridized carbons (Fsp3) is 0.222. The third-order valence-corrected chi connectivity index (χ3v) is 3.68. The Kier molecular flexibility index (Phi) is 5.14. The minimum atomic E-state index is -0.442. The second-order valence-corrected chi connectivity index (χ2v) is 4.52. The van der Waals surface area contributed by atoms with Crippen LogP contribution in [0.25, 0.3) is 0 Å². The Morgan fingerprint density at radius 2 is 1.93 bits per heavy atom. The lowest BCUT2D eigenvalue weighted by atomic mass is 10.3. The molecule has 1 aromatic rings. The number of carbonyl (C=O) groups excluding carboxylic acids is 1. The van der Waals surface area contributed by atoms with Gasteiger partial charge >= 0.3 is 6.09 Å². The summed E-state index contributed by atoms with van der Waals surface area (Å²) in [4.78, 5) is 11.5. The van der Waals surface area contributed by atoms with Crippen LogP contribution in [0.3, 0.4) is 0 Å². The van der Waals surface area contributed by atoms with E-state index in [0.29, 0.717) is 10.8 Å². The topological polar surface area (TPSA) is 29.5 Å². The van der Waals surface area contributed by atoms with E-state index in [4.69, 9.17) is 16.3 Å². The normalized spacial score (nSPS) is 9.80. The number of rotatable bonds is 3. The van der Waals surface area contributed by atoms with E-state index in [0.717, 1.165) is 0 Å². The van der Waals surface area contributed by atoms with Gasteiger partial charge in [0.2, 0.25) is 0 Å². The van der Waals surface area contributed by atoms with Crippen LogP contribution in [0.1, 0.15) is 0 Å². The van der Waals surface area contributed by atoms with Crippen LogP contribution in [0.2, 0.25) is 5.02 Å². The highest BCUT2D eigenvalue weighted by atomic mass is 35.5. The average molecular weight is 264 g/mol. The third kappa shape index (κ3) is 3.52. The zero-order valence-electron chi connectivity index (χ0n) is 8.27. The lowest BCUT2D eigenvalue weighted by Crippen LogP contribution is -2.20. The van der Waals surface area contributed by atoms with Crippen molar-refractivity contribution in [1.82, 2.24) is 3.71 Å². The predicted molar refractivity (Wildman–Crippen MR) is 66.3 cm³/mol. The molecule has 0 bridgehead atoms. The zero-order valence-corrected chi connectivity index (χ0v) is 10.7. The van der Waals surface area contributed by atoms with Crippen molar-refractivity contribution in [2.75, 3.05) is 12.5 Å².